The van der Waals surface area contributed by atoms with Crippen molar-refractivity contribution >= 4 is 5.97 Å². The van der Waals surface area contributed by atoms with Gasteiger partial charge in [0.05, 0.1) is 6.04 Å². The number of hydrogen-bond acceptors (Lipinski definition) is 4. The molecule has 5 heteroatoms. The minimum absolute atomic E-state index is 0.376. The second-order valence-corrected chi connectivity index (χ2v) is 5.48. The minimum atomic E-state index is -2.73. The van der Waals surface area contributed by atoms with Crippen LogP contribution < -0.4 is 5.32 Å². The van der Waals surface area contributed by atoms with E-state index >= 15 is 0 Å². The van der Waals surface area contributed by atoms with Gasteiger partial charge in [-0.15, -0.1) is 0 Å². The van der Waals surface area contributed by atoms with E-state index in [4.69, 9.17) is 5.11 Å². The lowest BCUT2D eigenvalue weighted by molar-refractivity contribution is -0.215. The number of hydrogen-bond donors (Lipinski definition) is 4. The van der Waals surface area contributed by atoms with Gasteiger partial charge in [0, 0.05) is 6.54 Å². The molecule has 5 nitrogen and oxygen atoms in total. The van der Waals surface area contributed by atoms with Crippen LogP contribution in [-0.4, -0.2) is 33.1 Å². The summed E-state index contributed by atoms with van der Waals surface area (Å²) < 4.78 is 0. The summed E-state index contributed by atoms with van der Waals surface area (Å²) >= 11 is 0. The predicted molar refractivity (Wildman–Crippen MR) is 73.8 cm³/mol. The Kier molecular flexibility index (Phi) is 4.75. The van der Waals surface area contributed by atoms with E-state index in [-0.39, 0.29) is 0 Å². The Hall–Kier alpha value is -1.43. The Morgan fingerprint density at radius 1 is 1.30 bits per heavy atom. The summed E-state index contributed by atoms with van der Waals surface area (Å²) in [7, 11) is 0. The van der Waals surface area contributed by atoms with Crippen molar-refractivity contribution in [1.82, 2.24) is 5.32 Å². The Balaban J connectivity index is 2.00. The molecule has 2 rings (SSSR count). The van der Waals surface area contributed by atoms with Crippen molar-refractivity contribution < 1.29 is 20.1 Å². The fourth-order valence-electron chi connectivity index (χ4n) is 2.44. The van der Waals surface area contributed by atoms with Crippen molar-refractivity contribution in [2.45, 2.75) is 44.1 Å². The van der Waals surface area contributed by atoms with Crippen LogP contribution in [0, 0.1) is 5.92 Å². The van der Waals surface area contributed by atoms with Crippen molar-refractivity contribution in [2.75, 3.05) is 0 Å². The highest BCUT2D eigenvalue weighted by Crippen LogP contribution is 2.32. The van der Waals surface area contributed by atoms with Crippen LogP contribution in [0.3, 0.4) is 0 Å². The number of aliphatic hydroxyl groups is 2. The highest BCUT2D eigenvalue weighted by Gasteiger charge is 2.43. The monoisotopic (exact) mass is 279 g/mol. The van der Waals surface area contributed by atoms with Crippen LogP contribution in [0.5, 0.6) is 0 Å². The van der Waals surface area contributed by atoms with E-state index in [1.54, 1.807) is 0 Å². The van der Waals surface area contributed by atoms with Crippen molar-refractivity contribution in [3.63, 3.8) is 0 Å². The molecule has 20 heavy (non-hydrogen) atoms. The third kappa shape index (κ3) is 3.56. The van der Waals surface area contributed by atoms with Crippen LogP contribution in [-0.2, 0) is 11.3 Å². The molecule has 1 aliphatic carbocycles. The Labute approximate surface area is 118 Å². The maximum absolute atomic E-state index is 11.0. The lowest BCUT2D eigenvalue weighted by Crippen LogP contribution is -2.56. The van der Waals surface area contributed by atoms with Crippen molar-refractivity contribution in [1.29, 1.82) is 0 Å². The molecule has 1 fully saturated rings. The highest BCUT2D eigenvalue weighted by atomic mass is 16.5. The zero-order chi connectivity index (χ0) is 14.6. The molecule has 1 aromatic rings. The SMILES string of the molecule is O=C(O)C(O)(O)C(CC1CCC1)NCc1ccccc1. The predicted octanol–water partition coefficient (Wildman–Crippen LogP) is 1.10. The molecule has 0 aromatic heterocycles. The molecule has 4 N–H and O–H groups in total. The van der Waals surface area contributed by atoms with Crippen LogP contribution in [0.25, 0.3) is 0 Å². The molecular weight excluding hydrogens is 258 g/mol. The van der Waals surface area contributed by atoms with Gasteiger partial charge in [-0.05, 0) is 17.9 Å². The normalized spacial score (nSPS) is 17.5. The number of carboxylic acids is 1. The van der Waals surface area contributed by atoms with E-state index in [2.05, 4.69) is 5.32 Å². The first kappa shape index (κ1) is 15.0. The van der Waals surface area contributed by atoms with Gasteiger partial charge in [0.25, 0.3) is 5.79 Å². The second-order valence-electron chi connectivity index (χ2n) is 5.48. The molecule has 1 atom stereocenters. The molecule has 0 spiro atoms. The van der Waals surface area contributed by atoms with Crippen molar-refractivity contribution in [2.24, 2.45) is 5.92 Å². The number of nitrogens with one attached hydrogen (secondary N) is 1. The first-order valence-electron chi connectivity index (χ1n) is 6.95. The van der Waals surface area contributed by atoms with Crippen molar-refractivity contribution in [3.8, 4) is 0 Å². The van der Waals surface area contributed by atoms with E-state index in [1.165, 1.54) is 0 Å². The van der Waals surface area contributed by atoms with E-state index in [0.717, 1.165) is 24.8 Å². The standard InChI is InChI=1S/C15H21NO4/c17-14(18)15(19,20)13(9-11-7-4-8-11)16-10-12-5-2-1-3-6-12/h1-3,5-6,11,13,16,19-20H,4,7-10H2,(H,17,18). The third-order valence-electron chi connectivity index (χ3n) is 3.99. The summed E-state index contributed by atoms with van der Waals surface area (Å²) in [4.78, 5) is 11.0. The van der Waals surface area contributed by atoms with Crippen LogP contribution in [0.2, 0.25) is 0 Å². The molecule has 0 bridgehead atoms. The van der Waals surface area contributed by atoms with Gasteiger partial charge in [0.2, 0.25) is 0 Å². The number of aliphatic carboxylic acids is 1. The maximum Gasteiger partial charge on any atom is 0.365 e. The zero-order valence-corrected chi connectivity index (χ0v) is 11.3. The maximum atomic E-state index is 11.0. The number of benzene rings is 1. The van der Waals surface area contributed by atoms with Crippen LogP contribution >= 0.6 is 0 Å². The molecule has 1 aliphatic rings. The van der Waals surface area contributed by atoms with Gasteiger partial charge in [-0.1, -0.05) is 49.6 Å². The molecule has 0 heterocycles. The van der Waals surface area contributed by atoms with Gasteiger partial charge >= 0.3 is 5.97 Å². The lowest BCUT2D eigenvalue weighted by Gasteiger charge is -2.34. The first-order chi connectivity index (χ1) is 9.50. The summed E-state index contributed by atoms with van der Waals surface area (Å²) in [6, 6.07) is 8.62. The quantitative estimate of drug-likeness (QED) is 0.561. The lowest BCUT2D eigenvalue weighted by atomic mass is 9.79. The van der Waals surface area contributed by atoms with Crippen LogP contribution in [0.4, 0.5) is 0 Å². The smallest absolute Gasteiger partial charge is 0.365 e. The Bertz CT molecular complexity index is 442. The highest BCUT2D eigenvalue weighted by molar-refractivity contribution is 5.75. The number of rotatable bonds is 7. The van der Waals surface area contributed by atoms with E-state index < -0.39 is 17.8 Å². The topological polar surface area (TPSA) is 89.8 Å². The largest absolute Gasteiger partial charge is 0.477 e. The second kappa shape index (κ2) is 6.35. The average Bonchev–Trinajstić information content (AvgIpc) is 2.37. The van der Waals surface area contributed by atoms with Gasteiger partial charge in [0.15, 0.2) is 0 Å². The molecule has 110 valence electrons. The van der Waals surface area contributed by atoms with Gasteiger partial charge in [0.1, 0.15) is 0 Å². The molecule has 1 saturated carbocycles. The van der Waals surface area contributed by atoms with E-state index in [1.807, 2.05) is 30.3 Å². The number of carboxylic acid groups (broad SMARTS) is 1. The van der Waals surface area contributed by atoms with Crippen LogP contribution in [0.15, 0.2) is 30.3 Å². The van der Waals surface area contributed by atoms with Gasteiger partial charge in [-0.25, -0.2) is 4.79 Å². The Morgan fingerprint density at radius 3 is 2.45 bits per heavy atom. The minimum Gasteiger partial charge on any atom is -0.477 e. The molecule has 0 aliphatic heterocycles. The van der Waals surface area contributed by atoms with Gasteiger partial charge < -0.3 is 20.6 Å². The molecule has 1 unspecified atom stereocenters. The first-order valence-corrected chi connectivity index (χ1v) is 6.95. The number of carbonyl (C=O) groups is 1. The fraction of sp³-hybridized carbons (Fsp3) is 0.533. The summed E-state index contributed by atoms with van der Waals surface area (Å²) in [5.74, 6) is -3.96. The van der Waals surface area contributed by atoms with E-state index in [0.29, 0.717) is 18.9 Å². The molecule has 0 saturated heterocycles. The third-order valence-corrected chi connectivity index (χ3v) is 3.99. The zero-order valence-electron chi connectivity index (χ0n) is 11.3. The average molecular weight is 279 g/mol. The molecule has 0 radical (unpaired) electrons. The van der Waals surface area contributed by atoms with Crippen molar-refractivity contribution in [3.05, 3.63) is 35.9 Å². The summed E-state index contributed by atoms with van der Waals surface area (Å²) in [6.07, 6.45) is 3.65. The Morgan fingerprint density at radius 2 is 1.95 bits per heavy atom. The summed E-state index contributed by atoms with van der Waals surface area (Å²) in [5, 5.41) is 31.5. The van der Waals surface area contributed by atoms with E-state index in [9.17, 15) is 15.0 Å². The molecule has 0 amide bonds. The van der Waals surface area contributed by atoms with Gasteiger partial charge in [-0.3, -0.25) is 0 Å². The molecule has 1 aromatic carbocycles. The molecular formula is C15H21NO4. The fourth-order valence-corrected chi connectivity index (χ4v) is 2.44. The van der Waals surface area contributed by atoms with Crippen LogP contribution in [0.1, 0.15) is 31.2 Å². The summed E-state index contributed by atoms with van der Waals surface area (Å²) in [6.45, 7) is 0.411. The van der Waals surface area contributed by atoms with Gasteiger partial charge in [-0.2, -0.15) is 0 Å². The summed E-state index contributed by atoms with van der Waals surface area (Å²) in [5.41, 5.74) is 0.979.